The zero-order valence-electron chi connectivity index (χ0n) is 11.3. The van der Waals surface area contributed by atoms with E-state index in [0.717, 1.165) is 22.2 Å². The molecule has 0 fully saturated rings. The molecule has 0 spiro atoms. The van der Waals surface area contributed by atoms with E-state index in [9.17, 15) is 5.11 Å². The number of aromatic nitrogens is 1. The maximum Gasteiger partial charge on any atom is 0.254 e. The van der Waals surface area contributed by atoms with Gasteiger partial charge in [-0.1, -0.05) is 36.4 Å². The van der Waals surface area contributed by atoms with Gasteiger partial charge in [-0.25, -0.2) is 0 Å². The first-order valence-corrected chi connectivity index (χ1v) is 6.59. The highest BCUT2D eigenvalue weighted by Crippen LogP contribution is 2.21. The summed E-state index contributed by atoms with van der Waals surface area (Å²) < 4.78 is 2.00. The molecule has 0 amide bonds. The molecule has 0 aliphatic carbocycles. The quantitative estimate of drug-likeness (QED) is 0.702. The molecule has 1 N–H and O–H groups in total. The van der Waals surface area contributed by atoms with Crippen molar-refractivity contribution in [1.82, 2.24) is 0 Å². The van der Waals surface area contributed by atoms with Crippen molar-refractivity contribution >= 4 is 23.1 Å². The average Bonchev–Trinajstić information content (AvgIpc) is 2.48. The lowest BCUT2D eigenvalue weighted by atomic mass is 10.1. The van der Waals surface area contributed by atoms with Crippen LogP contribution in [0.3, 0.4) is 0 Å². The summed E-state index contributed by atoms with van der Waals surface area (Å²) in [7, 11) is 1.96. The fourth-order valence-electron chi connectivity index (χ4n) is 2.38. The van der Waals surface area contributed by atoms with Crippen molar-refractivity contribution in [2.45, 2.75) is 0 Å². The Morgan fingerprint density at radius 2 is 1.65 bits per heavy atom. The molecule has 0 saturated heterocycles. The fourth-order valence-corrected chi connectivity index (χ4v) is 2.38. The van der Waals surface area contributed by atoms with Crippen LogP contribution in [0.25, 0.3) is 23.1 Å². The van der Waals surface area contributed by atoms with Crippen LogP contribution in [0, 0.1) is 0 Å². The number of benzene rings is 2. The highest BCUT2D eigenvalue weighted by atomic mass is 16.3. The topological polar surface area (TPSA) is 24.1 Å². The number of para-hydroxylation sites is 1. The molecule has 0 atom stereocenters. The standard InChI is InChI=1S/C18H15NO/c1-19-16(12-10-14-6-3-2-4-7-14)13-11-15-8-5-9-17(20)18(15)19/h2-13H,1H3/p+1/b12-10+. The number of nitrogens with zero attached hydrogens (tertiary/aromatic N) is 1. The van der Waals surface area contributed by atoms with Crippen LogP contribution in [0.2, 0.25) is 0 Å². The van der Waals surface area contributed by atoms with Crippen LogP contribution in [0.5, 0.6) is 5.75 Å². The molecule has 0 aliphatic rings. The van der Waals surface area contributed by atoms with Gasteiger partial charge in [0.25, 0.3) is 5.52 Å². The summed E-state index contributed by atoms with van der Waals surface area (Å²) in [5.41, 5.74) is 3.05. The van der Waals surface area contributed by atoms with E-state index < -0.39 is 0 Å². The Labute approximate surface area is 118 Å². The molecule has 0 radical (unpaired) electrons. The van der Waals surface area contributed by atoms with Gasteiger partial charge in [0.1, 0.15) is 7.05 Å². The molecule has 1 aromatic heterocycles. The van der Waals surface area contributed by atoms with Crippen LogP contribution < -0.4 is 4.57 Å². The van der Waals surface area contributed by atoms with Gasteiger partial charge in [0.15, 0.2) is 5.75 Å². The maximum atomic E-state index is 10.0. The molecule has 0 saturated carbocycles. The zero-order valence-corrected chi connectivity index (χ0v) is 11.3. The summed E-state index contributed by atoms with van der Waals surface area (Å²) in [6.45, 7) is 0. The first-order valence-electron chi connectivity index (χ1n) is 6.59. The Kier molecular flexibility index (Phi) is 3.21. The molecular formula is C18H16NO+. The van der Waals surface area contributed by atoms with Gasteiger partial charge in [-0.2, -0.15) is 4.57 Å². The third-order valence-electron chi connectivity index (χ3n) is 3.45. The molecule has 2 nitrogen and oxygen atoms in total. The predicted molar refractivity (Wildman–Crippen MR) is 82.2 cm³/mol. The molecule has 0 unspecified atom stereocenters. The summed E-state index contributed by atoms with van der Waals surface area (Å²) in [5.74, 6) is 0.306. The van der Waals surface area contributed by atoms with Crippen LogP contribution in [0.15, 0.2) is 60.7 Å². The van der Waals surface area contributed by atoms with E-state index in [1.807, 2.05) is 48.0 Å². The number of phenolic OH excluding ortho intramolecular Hbond substituents is 1. The number of aryl methyl sites for hydroxylation is 1. The van der Waals surface area contributed by atoms with Gasteiger partial charge in [0.2, 0.25) is 5.69 Å². The molecular weight excluding hydrogens is 246 g/mol. The molecule has 20 heavy (non-hydrogen) atoms. The smallest absolute Gasteiger partial charge is 0.254 e. The Hall–Kier alpha value is -2.61. The lowest BCUT2D eigenvalue weighted by Crippen LogP contribution is -2.32. The Morgan fingerprint density at radius 1 is 0.850 bits per heavy atom. The van der Waals surface area contributed by atoms with Gasteiger partial charge in [0.05, 0.1) is 5.39 Å². The second-order valence-electron chi connectivity index (χ2n) is 4.78. The van der Waals surface area contributed by atoms with Crippen molar-refractivity contribution in [3.63, 3.8) is 0 Å². The van der Waals surface area contributed by atoms with Crippen molar-refractivity contribution in [2.24, 2.45) is 7.05 Å². The normalized spacial score (nSPS) is 11.2. The van der Waals surface area contributed by atoms with E-state index >= 15 is 0 Å². The number of rotatable bonds is 2. The zero-order chi connectivity index (χ0) is 13.9. The summed E-state index contributed by atoms with van der Waals surface area (Å²) in [5, 5.41) is 11.0. The second kappa shape index (κ2) is 5.17. The first kappa shape index (κ1) is 12.4. The fraction of sp³-hybridized carbons (Fsp3) is 0.0556. The van der Waals surface area contributed by atoms with Crippen LogP contribution in [0.1, 0.15) is 11.3 Å². The van der Waals surface area contributed by atoms with E-state index in [1.54, 1.807) is 6.07 Å². The second-order valence-corrected chi connectivity index (χ2v) is 4.78. The number of aromatic hydroxyl groups is 1. The Morgan fingerprint density at radius 3 is 2.45 bits per heavy atom. The molecule has 3 rings (SSSR count). The molecule has 98 valence electrons. The number of phenols is 1. The predicted octanol–water partition coefficient (Wildman–Crippen LogP) is 3.54. The van der Waals surface area contributed by atoms with Crippen molar-refractivity contribution in [3.05, 3.63) is 71.9 Å². The highest BCUT2D eigenvalue weighted by molar-refractivity contribution is 5.82. The van der Waals surface area contributed by atoms with E-state index in [-0.39, 0.29) is 0 Å². The molecule has 1 heterocycles. The molecule has 0 aliphatic heterocycles. The lowest BCUT2D eigenvalue weighted by molar-refractivity contribution is -0.646. The summed E-state index contributed by atoms with van der Waals surface area (Å²) in [6, 6.07) is 19.8. The third kappa shape index (κ3) is 2.28. The van der Waals surface area contributed by atoms with Gasteiger partial charge in [-0.05, 0) is 29.8 Å². The Balaban J connectivity index is 2.07. The minimum Gasteiger partial charge on any atom is -0.502 e. The molecule has 3 aromatic rings. The number of hydrogen-bond donors (Lipinski definition) is 1. The van der Waals surface area contributed by atoms with Crippen molar-refractivity contribution in [3.8, 4) is 5.75 Å². The Bertz CT molecular complexity index is 776. The van der Waals surface area contributed by atoms with E-state index in [1.165, 1.54) is 0 Å². The number of fused-ring (bicyclic) bond motifs is 1. The minimum atomic E-state index is 0.306. The summed E-state index contributed by atoms with van der Waals surface area (Å²) in [4.78, 5) is 0. The number of pyridine rings is 1. The van der Waals surface area contributed by atoms with E-state index in [0.29, 0.717) is 5.75 Å². The van der Waals surface area contributed by atoms with Crippen LogP contribution in [0.4, 0.5) is 0 Å². The molecule has 2 aromatic carbocycles. The lowest BCUT2D eigenvalue weighted by Gasteiger charge is -2.01. The van der Waals surface area contributed by atoms with Gasteiger partial charge < -0.3 is 5.11 Å². The first-order chi connectivity index (χ1) is 9.75. The monoisotopic (exact) mass is 262 g/mol. The van der Waals surface area contributed by atoms with E-state index in [2.05, 4.69) is 30.4 Å². The van der Waals surface area contributed by atoms with Crippen LogP contribution in [-0.2, 0) is 7.05 Å². The third-order valence-corrected chi connectivity index (χ3v) is 3.45. The van der Waals surface area contributed by atoms with Crippen LogP contribution in [-0.4, -0.2) is 5.11 Å². The summed E-state index contributed by atoms with van der Waals surface area (Å²) in [6.07, 6.45) is 4.13. The van der Waals surface area contributed by atoms with Gasteiger partial charge in [-0.3, -0.25) is 0 Å². The van der Waals surface area contributed by atoms with Gasteiger partial charge in [-0.15, -0.1) is 0 Å². The van der Waals surface area contributed by atoms with Crippen LogP contribution >= 0.6 is 0 Å². The minimum absolute atomic E-state index is 0.306. The molecule has 0 bridgehead atoms. The van der Waals surface area contributed by atoms with Gasteiger partial charge in [0, 0.05) is 12.1 Å². The van der Waals surface area contributed by atoms with Crippen molar-refractivity contribution in [2.75, 3.05) is 0 Å². The summed E-state index contributed by atoms with van der Waals surface area (Å²) >= 11 is 0. The number of hydrogen-bond acceptors (Lipinski definition) is 1. The van der Waals surface area contributed by atoms with Gasteiger partial charge >= 0.3 is 0 Å². The maximum absolute atomic E-state index is 10.0. The SMILES string of the molecule is C[n+]1c(/C=C/c2ccccc2)ccc2cccc(O)c21. The molecule has 2 heteroatoms. The van der Waals surface area contributed by atoms with E-state index in [4.69, 9.17) is 0 Å². The average molecular weight is 262 g/mol. The highest BCUT2D eigenvalue weighted by Gasteiger charge is 2.13. The van der Waals surface area contributed by atoms with Crippen molar-refractivity contribution < 1.29 is 9.67 Å². The largest absolute Gasteiger partial charge is 0.502 e. The van der Waals surface area contributed by atoms with Crippen molar-refractivity contribution in [1.29, 1.82) is 0 Å².